The third-order valence-electron chi connectivity index (χ3n) is 2.35. The maximum atomic E-state index is 5.50. The molecule has 2 aromatic rings. The zero-order valence-corrected chi connectivity index (χ0v) is 11.1. The van der Waals surface area contributed by atoms with Gasteiger partial charge in [-0.05, 0) is 13.0 Å². The number of benzene rings is 1. The predicted molar refractivity (Wildman–Crippen MR) is 75.8 cm³/mol. The second kappa shape index (κ2) is 8.12. The number of nitrogens with two attached hydrogens (primary N) is 1. The first-order chi connectivity index (χ1) is 7.42. The van der Waals surface area contributed by atoms with Gasteiger partial charge in [-0.2, -0.15) is 0 Å². The Morgan fingerprint density at radius 3 is 2.47 bits per heavy atom. The molecule has 0 saturated heterocycles. The lowest BCUT2D eigenvalue weighted by Gasteiger charge is -2.06. The van der Waals surface area contributed by atoms with Crippen LogP contribution in [-0.4, -0.2) is 16.1 Å². The van der Waals surface area contributed by atoms with E-state index < -0.39 is 0 Å². The molecule has 0 aliphatic heterocycles. The smallest absolute Gasteiger partial charge is 0.139 e. The molecule has 1 aromatic heterocycles. The van der Waals surface area contributed by atoms with Crippen molar-refractivity contribution in [1.82, 2.24) is 9.55 Å². The molecule has 0 bridgehead atoms. The summed E-state index contributed by atoms with van der Waals surface area (Å²) in [6, 6.07) is 10.2. The van der Waals surface area contributed by atoms with Gasteiger partial charge in [-0.25, -0.2) is 4.98 Å². The lowest BCUT2D eigenvalue weighted by Crippen LogP contribution is -2.06. The van der Waals surface area contributed by atoms with Crippen LogP contribution in [0.2, 0.25) is 0 Å². The van der Waals surface area contributed by atoms with E-state index in [9.17, 15) is 0 Å². The van der Waals surface area contributed by atoms with Gasteiger partial charge < -0.3 is 10.3 Å². The molecule has 0 unspecified atom stereocenters. The Balaban J connectivity index is 0.00000128. The topological polar surface area (TPSA) is 43.8 Å². The fourth-order valence-electron chi connectivity index (χ4n) is 1.60. The average Bonchev–Trinajstić information content (AvgIpc) is 2.75. The van der Waals surface area contributed by atoms with Crippen LogP contribution in [0.15, 0.2) is 42.7 Å². The molecule has 0 amide bonds. The molecule has 94 valence electrons. The molecule has 0 spiro atoms. The van der Waals surface area contributed by atoms with Crippen LogP contribution in [0.25, 0.3) is 11.4 Å². The summed E-state index contributed by atoms with van der Waals surface area (Å²) in [5.74, 6) is 1.02. The molecule has 1 aromatic carbocycles. The number of aromatic nitrogens is 2. The minimum Gasteiger partial charge on any atom is -0.331 e. The fourth-order valence-corrected chi connectivity index (χ4v) is 1.60. The SMILES string of the molecule is Cl.Cl.NCCCn1ccnc1-c1ccccc1. The standard InChI is InChI=1S/C12H15N3.2ClH/c13-7-4-9-15-10-8-14-12(15)11-5-2-1-3-6-11;;/h1-3,5-6,8,10H,4,7,9,13H2;2*1H. The first kappa shape index (κ1) is 16.0. The predicted octanol–water partition coefficient (Wildman–Crippen LogP) is 2.74. The molecule has 0 aliphatic rings. The Morgan fingerprint density at radius 1 is 1.12 bits per heavy atom. The summed E-state index contributed by atoms with van der Waals surface area (Å²) in [5, 5.41) is 0. The molecule has 2 rings (SSSR count). The van der Waals surface area contributed by atoms with Crippen molar-refractivity contribution in [3.8, 4) is 11.4 Å². The van der Waals surface area contributed by atoms with Crippen LogP contribution in [0.3, 0.4) is 0 Å². The molecule has 3 nitrogen and oxygen atoms in total. The van der Waals surface area contributed by atoms with Crippen LogP contribution in [0.5, 0.6) is 0 Å². The number of rotatable bonds is 4. The zero-order chi connectivity index (χ0) is 10.5. The summed E-state index contributed by atoms with van der Waals surface area (Å²) in [5.41, 5.74) is 6.65. The number of halogens is 2. The van der Waals surface area contributed by atoms with Crippen LogP contribution in [0, 0.1) is 0 Å². The highest BCUT2D eigenvalue weighted by Gasteiger charge is 2.03. The highest BCUT2D eigenvalue weighted by molar-refractivity contribution is 5.85. The molecule has 17 heavy (non-hydrogen) atoms. The molecule has 0 radical (unpaired) electrons. The lowest BCUT2D eigenvalue weighted by atomic mass is 10.2. The van der Waals surface area contributed by atoms with Crippen molar-refractivity contribution in [1.29, 1.82) is 0 Å². The van der Waals surface area contributed by atoms with Crippen molar-refractivity contribution in [2.75, 3.05) is 6.54 Å². The molecule has 0 fully saturated rings. The molecule has 5 heteroatoms. The quantitative estimate of drug-likeness (QED) is 0.931. The number of hydrogen-bond donors (Lipinski definition) is 1. The average molecular weight is 274 g/mol. The number of hydrogen-bond acceptors (Lipinski definition) is 2. The minimum absolute atomic E-state index is 0. The molecule has 0 aliphatic carbocycles. The van der Waals surface area contributed by atoms with E-state index in [1.165, 1.54) is 0 Å². The van der Waals surface area contributed by atoms with Crippen LogP contribution in [0.1, 0.15) is 6.42 Å². The highest BCUT2D eigenvalue weighted by atomic mass is 35.5. The van der Waals surface area contributed by atoms with E-state index in [1.54, 1.807) is 0 Å². The monoisotopic (exact) mass is 273 g/mol. The minimum atomic E-state index is 0. The highest BCUT2D eigenvalue weighted by Crippen LogP contribution is 2.16. The van der Waals surface area contributed by atoms with Crippen molar-refractivity contribution in [2.24, 2.45) is 5.73 Å². The van der Waals surface area contributed by atoms with E-state index in [4.69, 9.17) is 5.73 Å². The van der Waals surface area contributed by atoms with Crippen LogP contribution in [-0.2, 0) is 6.54 Å². The molecular formula is C12H17Cl2N3. The van der Waals surface area contributed by atoms with E-state index in [1.807, 2.05) is 30.6 Å². The third-order valence-corrected chi connectivity index (χ3v) is 2.35. The summed E-state index contributed by atoms with van der Waals surface area (Å²) in [6.07, 6.45) is 4.81. The summed E-state index contributed by atoms with van der Waals surface area (Å²) in [6.45, 7) is 1.65. The maximum Gasteiger partial charge on any atom is 0.139 e. The van der Waals surface area contributed by atoms with E-state index in [0.717, 1.165) is 24.4 Å². The van der Waals surface area contributed by atoms with Gasteiger partial charge in [0.1, 0.15) is 5.82 Å². The van der Waals surface area contributed by atoms with Gasteiger partial charge in [0.05, 0.1) is 0 Å². The van der Waals surface area contributed by atoms with Crippen molar-refractivity contribution >= 4 is 24.8 Å². The first-order valence-corrected chi connectivity index (χ1v) is 5.18. The van der Waals surface area contributed by atoms with Crippen LogP contribution >= 0.6 is 24.8 Å². The summed E-state index contributed by atoms with van der Waals surface area (Å²) in [4.78, 5) is 4.36. The van der Waals surface area contributed by atoms with Gasteiger partial charge >= 0.3 is 0 Å². The largest absolute Gasteiger partial charge is 0.331 e. The Bertz CT molecular complexity index is 415. The Labute approximate surface area is 114 Å². The zero-order valence-electron chi connectivity index (χ0n) is 9.45. The first-order valence-electron chi connectivity index (χ1n) is 5.18. The van der Waals surface area contributed by atoms with Crippen LogP contribution in [0.4, 0.5) is 0 Å². The maximum absolute atomic E-state index is 5.50. The molecular weight excluding hydrogens is 257 g/mol. The van der Waals surface area contributed by atoms with Gasteiger partial charge in [0.2, 0.25) is 0 Å². The van der Waals surface area contributed by atoms with E-state index >= 15 is 0 Å². The molecule has 2 N–H and O–H groups in total. The Hall–Kier alpha value is -1.03. The molecule has 0 atom stereocenters. The van der Waals surface area contributed by atoms with Gasteiger partial charge in [0.15, 0.2) is 0 Å². The summed E-state index contributed by atoms with van der Waals surface area (Å²) >= 11 is 0. The fraction of sp³-hybridized carbons (Fsp3) is 0.250. The van der Waals surface area contributed by atoms with Gasteiger partial charge in [-0.15, -0.1) is 24.8 Å². The number of nitrogens with zero attached hydrogens (tertiary/aromatic N) is 2. The van der Waals surface area contributed by atoms with Crippen LogP contribution < -0.4 is 5.73 Å². The lowest BCUT2D eigenvalue weighted by molar-refractivity contribution is 0.656. The second-order valence-corrected chi connectivity index (χ2v) is 3.45. The van der Waals surface area contributed by atoms with Crippen molar-refractivity contribution in [3.63, 3.8) is 0 Å². The third kappa shape index (κ3) is 4.04. The Kier molecular flexibility index (Phi) is 7.63. The summed E-state index contributed by atoms with van der Waals surface area (Å²) in [7, 11) is 0. The van der Waals surface area contributed by atoms with Crippen molar-refractivity contribution in [2.45, 2.75) is 13.0 Å². The summed E-state index contributed by atoms with van der Waals surface area (Å²) < 4.78 is 2.14. The van der Waals surface area contributed by atoms with Gasteiger partial charge in [-0.1, -0.05) is 30.3 Å². The van der Waals surface area contributed by atoms with E-state index in [0.29, 0.717) is 6.54 Å². The van der Waals surface area contributed by atoms with Crippen molar-refractivity contribution < 1.29 is 0 Å². The van der Waals surface area contributed by atoms with Gasteiger partial charge in [0, 0.05) is 24.5 Å². The van der Waals surface area contributed by atoms with Gasteiger partial charge in [0.25, 0.3) is 0 Å². The van der Waals surface area contributed by atoms with Gasteiger partial charge in [-0.3, -0.25) is 0 Å². The normalized spacial score (nSPS) is 9.24. The second-order valence-electron chi connectivity index (χ2n) is 3.45. The Morgan fingerprint density at radius 2 is 1.82 bits per heavy atom. The molecule has 1 heterocycles. The van der Waals surface area contributed by atoms with Crippen molar-refractivity contribution in [3.05, 3.63) is 42.7 Å². The van der Waals surface area contributed by atoms with E-state index in [-0.39, 0.29) is 24.8 Å². The number of aryl methyl sites for hydroxylation is 1. The number of imidazole rings is 1. The molecule has 0 saturated carbocycles. The van der Waals surface area contributed by atoms with E-state index in [2.05, 4.69) is 21.7 Å².